The quantitative estimate of drug-likeness (QED) is 0.310. The summed E-state index contributed by atoms with van der Waals surface area (Å²) in [5.74, 6) is -1.23. The van der Waals surface area contributed by atoms with Gasteiger partial charge in [0.05, 0.1) is 0 Å². The van der Waals surface area contributed by atoms with Gasteiger partial charge in [0, 0.05) is 19.1 Å². The number of urea groups is 1. The minimum Gasteiger partial charge on any atom is -0.505 e. The Hall–Kier alpha value is -2.19. The van der Waals surface area contributed by atoms with E-state index in [1.165, 1.54) is 17.0 Å². The highest BCUT2D eigenvalue weighted by molar-refractivity contribution is 6.01. The van der Waals surface area contributed by atoms with Crippen molar-refractivity contribution in [1.82, 2.24) is 21.1 Å². The summed E-state index contributed by atoms with van der Waals surface area (Å²) in [6, 6.07) is 3.88. The molecular formula is C16H23FN4O3. The van der Waals surface area contributed by atoms with Gasteiger partial charge in [-0.05, 0) is 37.5 Å². The zero-order valence-electron chi connectivity index (χ0n) is 13.6. The van der Waals surface area contributed by atoms with Gasteiger partial charge in [0.1, 0.15) is 6.54 Å². The molecule has 1 aromatic rings. The summed E-state index contributed by atoms with van der Waals surface area (Å²) in [5, 5.41) is 11.6. The predicted molar refractivity (Wildman–Crippen MR) is 86.6 cm³/mol. The minimum atomic E-state index is -0.632. The molecule has 3 amide bonds. The van der Waals surface area contributed by atoms with Crippen LogP contribution in [0.25, 0.3) is 0 Å². The number of hydrazine groups is 1. The van der Waals surface area contributed by atoms with Crippen molar-refractivity contribution in [3.05, 3.63) is 29.6 Å². The highest BCUT2D eigenvalue weighted by Crippen LogP contribution is 2.20. The average Bonchev–Trinajstić information content (AvgIpc) is 2.86. The molecule has 0 saturated carbocycles. The lowest BCUT2D eigenvalue weighted by Crippen LogP contribution is -2.35. The third-order valence-corrected chi connectivity index (χ3v) is 3.89. The number of nitrogens with zero attached hydrogens (tertiary/aromatic N) is 1. The molecule has 0 aliphatic carbocycles. The van der Waals surface area contributed by atoms with Crippen LogP contribution in [0.5, 0.6) is 5.75 Å². The van der Waals surface area contributed by atoms with Gasteiger partial charge in [0.15, 0.2) is 11.6 Å². The predicted octanol–water partition coefficient (Wildman–Crippen LogP) is 1.41. The van der Waals surface area contributed by atoms with Gasteiger partial charge >= 0.3 is 6.03 Å². The molecule has 1 unspecified atom stereocenters. The number of rotatable bonds is 9. The van der Waals surface area contributed by atoms with Gasteiger partial charge in [-0.1, -0.05) is 12.5 Å². The fourth-order valence-electron chi connectivity index (χ4n) is 2.46. The van der Waals surface area contributed by atoms with E-state index in [9.17, 15) is 19.1 Å². The van der Waals surface area contributed by atoms with Gasteiger partial charge in [-0.2, -0.15) is 0 Å². The van der Waals surface area contributed by atoms with E-state index in [0.29, 0.717) is 6.54 Å². The van der Waals surface area contributed by atoms with Crippen LogP contribution < -0.4 is 16.2 Å². The van der Waals surface area contributed by atoms with Gasteiger partial charge < -0.3 is 10.0 Å². The van der Waals surface area contributed by atoms with Crippen LogP contribution in [-0.2, 0) is 4.79 Å². The van der Waals surface area contributed by atoms with E-state index in [2.05, 4.69) is 16.2 Å². The fraction of sp³-hybridized carbons (Fsp3) is 0.500. The van der Waals surface area contributed by atoms with Crippen LogP contribution in [0.4, 0.5) is 9.18 Å². The highest BCUT2D eigenvalue weighted by atomic mass is 19.1. The van der Waals surface area contributed by atoms with Crippen molar-refractivity contribution in [2.75, 3.05) is 19.6 Å². The van der Waals surface area contributed by atoms with Crippen LogP contribution in [0.1, 0.15) is 37.8 Å². The molecule has 0 bridgehead atoms. The molecular weight excluding hydrogens is 315 g/mol. The number of phenolic OH excluding ortho intramolecular Hbond substituents is 1. The van der Waals surface area contributed by atoms with Gasteiger partial charge in [-0.25, -0.2) is 9.18 Å². The summed E-state index contributed by atoms with van der Waals surface area (Å²) >= 11 is 0. The first-order valence-electron chi connectivity index (χ1n) is 8.03. The molecule has 8 heteroatoms. The number of carbonyl (C=O) groups is 2. The number of amides is 3. The molecule has 1 aromatic carbocycles. The molecule has 24 heavy (non-hydrogen) atoms. The number of halogens is 1. The minimum absolute atomic E-state index is 0.0733. The molecule has 0 radical (unpaired) electrons. The number of hydrogen-bond acceptors (Lipinski definition) is 5. The summed E-state index contributed by atoms with van der Waals surface area (Å²) in [7, 11) is 0. The Bertz CT molecular complexity index is 597. The summed E-state index contributed by atoms with van der Waals surface area (Å²) in [6.07, 6.45) is 2.68. The molecule has 7 nitrogen and oxygen atoms in total. The summed E-state index contributed by atoms with van der Waals surface area (Å²) in [5.41, 5.74) is 6.96. The molecule has 1 aliphatic heterocycles. The van der Waals surface area contributed by atoms with Gasteiger partial charge in [-0.15, -0.1) is 0 Å². The van der Waals surface area contributed by atoms with Gasteiger partial charge in [-0.3, -0.25) is 21.0 Å². The number of hydrogen-bond donors (Lipinski definition) is 4. The summed E-state index contributed by atoms with van der Waals surface area (Å²) in [6.45, 7) is 3.38. The zero-order valence-corrected chi connectivity index (χ0v) is 13.6. The SMILES string of the molecule is CC(NNCCCCCN1CC(=O)NC1=O)c1ccc(F)c(O)c1. The highest BCUT2D eigenvalue weighted by Gasteiger charge is 2.25. The average molecular weight is 338 g/mol. The fourth-order valence-corrected chi connectivity index (χ4v) is 2.46. The van der Waals surface area contributed by atoms with E-state index in [-0.39, 0.29) is 30.3 Å². The second-order valence-electron chi connectivity index (χ2n) is 5.84. The van der Waals surface area contributed by atoms with Crippen LogP contribution in [0.15, 0.2) is 18.2 Å². The van der Waals surface area contributed by atoms with E-state index in [0.717, 1.165) is 31.4 Å². The Morgan fingerprint density at radius 1 is 1.33 bits per heavy atom. The van der Waals surface area contributed by atoms with Crippen molar-refractivity contribution in [3.8, 4) is 5.75 Å². The monoisotopic (exact) mass is 338 g/mol. The number of phenols is 1. The molecule has 1 heterocycles. The van der Waals surface area contributed by atoms with Crippen LogP contribution in [0.2, 0.25) is 0 Å². The van der Waals surface area contributed by atoms with Gasteiger partial charge in [0.25, 0.3) is 0 Å². The van der Waals surface area contributed by atoms with Crippen molar-refractivity contribution in [2.45, 2.75) is 32.2 Å². The van der Waals surface area contributed by atoms with E-state index >= 15 is 0 Å². The Balaban J connectivity index is 1.55. The Labute approximate surface area is 140 Å². The normalized spacial score (nSPS) is 15.7. The molecule has 1 fully saturated rings. The Morgan fingerprint density at radius 3 is 2.79 bits per heavy atom. The maximum Gasteiger partial charge on any atom is 0.324 e. The standard InChI is InChI=1S/C16H23FN4O3/c1-11(12-5-6-13(17)14(22)9-12)20-18-7-3-2-4-8-21-10-15(23)19-16(21)24/h5-6,9,11,18,20,22H,2-4,7-8,10H2,1H3,(H,19,23,24). The maximum atomic E-state index is 13.0. The van der Waals surface area contributed by atoms with Crippen LogP contribution in [-0.4, -0.2) is 41.6 Å². The second-order valence-corrected chi connectivity index (χ2v) is 5.84. The van der Waals surface area contributed by atoms with Crippen LogP contribution in [0, 0.1) is 5.82 Å². The van der Waals surface area contributed by atoms with Crippen molar-refractivity contribution in [3.63, 3.8) is 0 Å². The largest absolute Gasteiger partial charge is 0.505 e. The van der Waals surface area contributed by atoms with Gasteiger partial charge in [0.2, 0.25) is 5.91 Å². The zero-order chi connectivity index (χ0) is 17.5. The van der Waals surface area contributed by atoms with Crippen molar-refractivity contribution in [2.24, 2.45) is 0 Å². The third-order valence-electron chi connectivity index (χ3n) is 3.89. The molecule has 1 atom stereocenters. The summed E-state index contributed by atoms with van der Waals surface area (Å²) < 4.78 is 13.0. The van der Waals surface area contributed by atoms with E-state index < -0.39 is 5.82 Å². The lowest BCUT2D eigenvalue weighted by Gasteiger charge is -2.16. The lowest BCUT2D eigenvalue weighted by molar-refractivity contribution is -0.118. The van der Waals surface area contributed by atoms with Crippen molar-refractivity contribution in [1.29, 1.82) is 0 Å². The second kappa shape index (κ2) is 8.60. The van der Waals surface area contributed by atoms with E-state index in [4.69, 9.17) is 0 Å². The van der Waals surface area contributed by atoms with Crippen LogP contribution in [0.3, 0.4) is 0 Å². The molecule has 132 valence electrons. The molecule has 0 spiro atoms. The molecule has 0 aromatic heterocycles. The van der Waals surface area contributed by atoms with Crippen molar-refractivity contribution < 1.29 is 19.1 Å². The number of nitrogens with one attached hydrogen (secondary N) is 3. The van der Waals surface area contributed by atoms with Crippen LogP contribution >= 0.6 is 0 Å². The number of benzene rings is 1. The van der Waals surface area contributed by atoms with E-state index in [1.807, 2.05) is 6.92 Å². The topological polar surface area (TPSA) is 93.7 Å². The van der Waals surface area contributed by atoms with Crippen molar-refractivity contribution >= 4 is 11.9 Å². The molecule has 2 rings (SSSR count). The Kier molecular flexibility index (Phi) is 6.51. The number of carbonyl (C=O) groups excluding carboxylic acids is 2. The lowest BCUT2D eigenvalue weighted by atomic mass is 10.1. The van der Waals surface area contributed by atoms with E-state index in [1.54, 1.807) is 6.07 Å². The first-order valence-corrected chi connectivity index (χ1v) is 8.03. The molecule has 4 N–H and O–H groups in total. The Morgan fingerprint density at radius 2 is 2.12 bits per heavy atom. The molecule has 1 saturated heterocycles. The maximum absolute atomic E-state index is 13.0. The number of aromatic hydroxyl groups is 1. The number of unbranched alkanes of at least 4 members (excludes halogenated alkanes) is 2. The molecule has 1 aliphatic rings. The third kappa shape index (κ3) is 5.17. The summed E-state index contributed by atoms with van der Waals surface area (Å²) in [4.78, 5) is 23.9. The first-order chi connectivity index (χ1) is 11.5. The first kappa shape index (κ1) is 18.2. The number of imide groups is 1. The smallest absolute Gasteiger partial charge is 0.324 e.